The smallest absolute Gasteiger partial charge is 0.247 e. The van der Waals surface area contributed by atoms with Crippen LogP contribution in [0.1, 0.15) is 12.0 Å². The number of rotatable bonds is 7. The molecule has 0 atom stereocenters. The molecule has 0 saturated heterocycles. The second-order valence-corrected chi connectivity index (χ2v) is 5.97. The van der Waals surface area contributed by atoms with Crippen LogP contribution in [0.4, 0.5) is 15.8 Å². The van der Waals surface area contributed by atoms with Crippen molar-refractivity contribution in [3.63, 3.8) is 0 Å². The van der Waals surface area contributed by atoms with E-state index in [1.165, 1.54) is 24.5 Å². The van der Waals surface area contributed by atoms with Gasteiger partial charge in [-0.1, -0.05) is 18.7 Å². The Morgan fingerprint density at radius 2 is 1.93 bits per heavy atom. The number of anilines is 2. The fraction of sp³-hybridized carbons (Fsp3) is 0.100. The van der Waals surface area contributed by atoms with Gasteiger partial charge in [-0.15, -0.1) is 0 Å². The minimum atomic E-state index is -0.529. The number of aromatic nitrogens is 3. The van der Waals surface area contributed by atoms with Crippen molar-refractivity contribution in [2.75, 3.05) is 10.6 Å². The summed E-state index contributed by atoms with van der Waals surface area (Å²) in [5.41, 5.74) is 2.26. The van der Waals surface area contributed by atoms with Crippen LogP contribution in [0.2, 0.25) is 0 Å². The molecule has 0 aliphatic carbocycles. The highest BCUT2D eigenvalue weighted by atomic mass is 19.1. The fourth-order valence-corrected chi connectivity index (χ4v) is 2.53. The fourth-order valence-electron chi connectivity index (χ4n) is 2.53. The van der Waals surface area contributed by atoms with Gasteiger partial charge in [0.2, 0.25) is 11.8 Å². The standard InChI is InChI=1S/C20H18FN5O2/c1-2-18(27)24-15-7-3-13(4-8-15)5-10-19(28)25-17-11-14(6-9-16(17)21)20-22-12-23-26-20/h2-4,6-9,11-12H,1,5,10H2,(H,24,27)(H,25,28)(H,22,23,26). The third-order valence-electron chi connectivity index (χ3n) is 3.98. The first-order valence-electron chi connectivity index (χ1n) is 8.52. The zero-order valence-corrected chi connectivity index (χ0v) is 14.9. The number of nitrogens with zero attached hydrogens (tertiary/aromatic N) is 2. The number of hydrogen-bond acceptors (Lipinski definition) is 4. The van der Waals surface area contributed by atoms with Crippen LogP contribution in [-0.4, -0.2) is 27.0 Å². The lowest BCUT2D eigenvalue weighted by Gasteiger charge is -2.08. The summed E-state index contributed by atoms with van der Waals surface area (Å²) in [5, 5.41) is 11.7. The molecule has 0 radical (unpaired) electrons. The monoisotopic (exact) mass is 379 g/mol. The SMILES string of the molecule is C=CC(=O)Nc1ccc(CCC(=O)Nc2cc(-c3ncn[nH]3)ccc2F)cc1. The Morgan fingerprint density at radius 1 is 1.14 bits per heavy atom. The van der Waals surface area contributed by atoms with Crippen molar-refractivity contribution in [1.29, 1.82) is 0 Å². The molecule has 1 heterocycles. The van der Waals surface area contributed by atoms with Crippen LogP contribution < -0.4 is 10.6 Å². The Hall–Kier alpha value is -3.81. The van der Waals surface area contributed by atoms with E-state index in [0.29, 0.717) is 23.5 Å². The molecule has 0 bridgehead atoms. The number of halogens is 1. The number of nitrogens with one attached hydrogen (secondary N) is 3. The summed E-state index contributed by atoms with van der Waals surface area (Å²) in [6.07, 6.45) is 3.20. The van der Waals surface area contributed by atoms with Crippen molar-refractivity contribution < 1.29 is 14.0 Å². The lowest BCUT2D eigenvalue weighted by atomic mass is 10.1. The highest BCUT2D eigenvalue weighted by Crippen LogP contribution is 2.22. The van der Waals surface area contributed by atoms with Crippen molar-refractivity contribution in [2.45, 2.75) is 12.8 Å². The van der Waals surface area contributed by atoms with Crippen molar-refractivity contribution in [3.8, 4) is 11.4 Å². The van der Waals surface area contributed by atoms with E-state index < -0.39 is 5.82 Å². The molecule has 8 heteroatoms. The molecule has 3 aromatic rings. The van der Waals surface area contributed by atoms with E-state index in [9.17, 15) is 14.0 Å². The molecule has 0 unspecified atom stereocenters. The molecule has 28 heavy (non-hydrogen) atoms. The number of H-pyrrole nitrogens is 1. The van der Waals surface area contributed by atoms with Gasteiger partial charge in [0, 0.05) is 17.7 Å². The predicted octanol–water partition coefficient (Wildman–Crippen LogP) is 3.31. The van der Waals surface area contributed by atoms with Crippen molar-refractivity contribution >= 4 is 23.2 Å². The third-order valence-corrected chi connectivity index (χ3v) is 3.98. The molecule has 7 nitrogen and oxygen atoms in total. The first kappa shape index (κ1) is 19.0. The molecule has 2 amide bonds. The first-order chi connectivity index (χ1) is 13.5. The maximum atomic E-state index is 14.0. The number of carbonyl (C=O) groups is 2. The minimum absolute atomic E-state index is 0.0846. The maximum absolute atomic E-state index is 14.0. The Balaban J connectivity index is 1.58. The zero-order valence-electron chi connectivity index (χ0n) is 14.9. The quantitative estimate of drug-likeness (QED) is 0.548. The van der Waals surface area contributed by atoms with Crippen molar-refractivity contribution in [1.82, 2.24) is 15.2 Å². The Labute approximate surface area is 160 Å². The van der Waals surface area contributed by atoms with E-state index in [4.69, 9.17) is 0 Å². The van der Waals surface area contributed by atoms with Crippen LogP contribution in [0.25, 0.3) is 11.4 Å². The second-order valence-electron chi connectivity index (χ2n) is 5.97. The molecule has 2 aromatic carbocycles. The van der Waals surface area contributed by atoms with Crippen LogP contribution in [0.15, 0.2) is 61.4 Å². The minimum Gasteiger partial charge on any atom is -0.324 e. The summed E-state index contributed by atoms with van der Waals surface area (Å²) < 4.78 is 14.0. The van der Waals surface area contributed by atoms with Crippen LogP contribution in [0, 0.1) is 5.82 Å². The Morgan fingerprint density at radius 3 is 2.61 bits per heavy atom. The van der Waals surface area contributed by atoms with E-state index >= 15 is 0 Å². The lowest BCUT2D eigenvalue weighted by molar-refractivity contribution is -0.116. The van der Waals surface area contributed by atoms with Gasteiger partial charge in [0.15, 0.2) is 5.82 Å². The number of aryl methyl sites for hydroxylation is 1. The highest BCUT2D eigenvalue weighted by Gasteiger charge is 2.10. The van der Waals surface area contributed by atoms with Gasteiger partial charge >= 0.3 is 0 Å². The first-order valence-corrected chi connectivity index (χ1v) is 8.52. The van der Waals surface area contributed by atoms with E-state index in [1.54, 1.807) is 18.2 Å². The molecule has 1 aromatic heterocycles. The van der Waals surface area contributed by atoms with Gasteiger partial charge in [0.1, 0.15) is 12.1 Å². The van der Waals surface area contributed by atoms with Crippen LogP contribution in [0.5, 0.6) is 0 Å². The van der Waals surface area contributed by atoms with Gasteiger partial charge in [0.05, 0.1) is 5.69 Å². The summed E-state index contributed by atoms with van der Waals surface area (Å²) in [4.78, 5) is 27.5. The molecule has 3 N–H and O–H groups in total. The normalized spacial score (nSPS) is 10.3. The number of benzene rings is 2. The molecular formula is C20H18FN5O2. The Bertz CT molecular complexity index is 984. The summed E-state index contributed by atoms with van der Waals surface area (Å²) >= 11 is 0. The van der Waals surface area contributed by atoms with Gasteiger partial charge in [-0.25, -0.2) is 9.37 Å². The highest BCUT2D eigenvalue weighted by molar-refractivity contribution is 5.98. The average molecular weight is 379 g/mol. The van der Waals surface area contributed by atoms with Crippen molar-refractivity contribution in [2.24, 2.45) is 0 Å². The largest absolute Gasteiger partial charge is 0.324 e. The molecule has 0 aliphatic heterocycles. The van der Waals surface area contributed by atoms with E-state index in [1.807, 2.05) is 12.1 Å². The van der Waals surface area contributed by atoms with E-state index in [2.05, 4.69) is 32.4 Å². The summed E-state index contributed by atoms with van der Waals surface area (Å²) in [5.74, 6) is -0.641. The van der Waals surface area contributed by atoms with Gasteiger partial charge in [0.25, 0.3) is 0 Å². The van der Waals surface area contributed by atoms with Crippen LogP contribution in [-0.2, 0) is 16.0 Å². The molecule has 142 valence electrons. The van der Waals surface area contributed by atoms with Crippen LogP contribution in [0.3, 0.4) is 0 Å². The third kappa shape index (κ3) is 4.88. The number of hydrogen-bond donors (Lipinski definition) is 3. The molecule has 0 spiro atoms. The number of amides is 2. The summed E-state index contributed by atoms with van der Waals surface area (Å²) in [7, 11) is 0. The molecule has 0 saturated carbocycles. The Kier molecular flexibility index (Phi) is 5.91. The van der Waals surface area contributed by atoms with Gasteiger partial charge in [-0.3, -0.25) is 14.7 Å². The average Bonchev–Trinajstić information content (AvgIpc) is 3.24. The molecular weight excluding hydrogens is 361 g/mol. The van der Waals surface area contributed by atoms with Crippen molar-refractivity contribution in [3.05, 3.63) is 72.8 Å². The number of aromatic amines is 1. The van der Waals surface area contributed by atoms with Crippen LogP contribution >= 0.6 is 0 Å². The van der Waals surface area contributed by atoms with Gasteiger partial charge in [-0.05, 0) is 48.4 Å². The van der Waals surface area contributed by atoms with E-state index in [-0.39, 0.29) is 23.9 Å². The number of carbonyl (C=O) groups excluding carboxylic acids is 2. The topological polar surface area (TPSA) is 99.8 Å². The summed E-state index contributed by atoms with van der Waals surface area (Å²) in [6, 6.07) is 11.4. The van der Waals surface area contributed by atoms with Gasteiger partial charge < -0.3 is 10.6 Å². The summed E-state index contributed by atoms with van der Waals surface area (Å²) in [6.45, 7) is 3.39. The molecule has 3 rings (SSSR count). The van der Waals surface area contributed by atoms with E-state index in [0.717, 1.165) is 5.56 Å². The van der Waals surface area contributed by atoms with Gasteiger partial charge in [-0.2, -0.15) is 5.10 Å². The maximum Gasteiger partial charge on any atom is 0.247 e. The molecule has 0 fully saturated rings. The lowest BCUT2D eigenvalue weighted by Crippen LogP contribution is -2.13. The zero-order chi connectivity index (χ0) is 19.9. The predicted molar refractivity (Wildman–Crippen MR) is 104 cm³/mol. The molecule has 0 aliphatic rings. The second kappa shape index (κ2) is 8.72.